The molecule has 0 unspecified atom stereocenters. The van der Waals surface area contributed by atoms with E-state index >= 15 is 0 Å². The van der Waals surface area contributed by atoms with Crippen molar-refractivity contribution in [2.75, 3.05) is 0 Å². The van der Waals surface area contributed by atoms with Crippen LogP contribution in [0.25, 0.3) is 0 Å². The van der Waals surface area contributed by atoms with Crippen LogP contribution in [0.2, 0.25) is 0 Å². The molecule has 0 saturated heterocycles. The van der Waals surface area contributed by atoms with Crippen molar-refractivity contribution < 1.29 is 0 Å². The average molecular weight is 435 g/mol. The lowest BCUT2D eigenvalue weighted by Gasteiger charge is -2.45. The molecular formula is C30H33BP-. The SMILES string of the molecule is CC(C)P(c1cccc([B-](c2ccccc2)(c2ccccc2)c2ccccc2)c1)C(C)C. The van der Waals surface area contributed by atoms with Gasteiger partial charge in [0.15, 0.2) is 0 Å². The topological polar surface area (TPSA) is 0 Å². The summed E-state index contributed by atoms with van der Waals surface area (Å²) in [5.74, 6) is 0. The van der Waals surface area contributed by atoms with Crippen LogP contribution in [-0.2, 0) is 0 Å². The summed E-state index contributed by atoms with van der Waals surface area (Å²) in [7, 11) is -0.234. The van der Waals surface area contributed by atoms with E-state index in [4.69, 9.17) is 0 Å². The Morgan fingerprint density at radius 2 is 0.844 bits per heavy atom. The molecular weight excluding hydrogens is 402 g/mol. The van der Waals surface area contributed by atoms with Crippen molar-refractivity contribution in [2.45, 2.75) is 39.0 Å². The molecule has 0 heterocycles. The van der Waals surface area contributed by atoms with E-state index in [1.165, 1.54) is 27.2 Å². The Morgan fingerprint density at radius 3 is 1.22 bits per heavy atom. The maximum absolute atomic E-state index is 2.53. The second-order valence-electron chi connectivity index (χ2n) is 9.29. The van der Waals surface area contributed by atoms with Crippen LogP contribution >= 0.6 is 7.92 Å². The molecule has 0 aliphatic carbocycles. The van der Waals surface area contributed by atoms with Gasteiger partial charge in [0.2, 0.25) is 0 Å². The highest BCUT2D eigenvalue weighted by atomic mass is 31.1. The van der Waals surface area contributed by atoms with Gasteiger partial charge in [0.1, 0.15) is 6.15 Å². The summed E-state index contributed by atoms with van der Waals surface area (Å²) in [6, 6.07) is 42.8. The molecule has 0 spiro atoms. The van der Waals surface area contributed by atoms with E-state index in [9.17, 15) is 0 Å². The third kappa shape index (κ3) is 4.20. The maximum Gasteiger partial charge on any atom is 0.108 e. The van der Waals surface area contributed by atoms with Crippen molar-refractivity contribution in [3.05, 3.63) is 115 Å². The van der Waals surface area contributed by atoms with Crippen molar-refractivity contribution in [1.82, 2.24) is 0 Å². The van der Waals surface area contributed by atoms with Gasteiger partial charge in [-0.05, 0) is 16.6 Å². The van der Waals surface area contributed by atoms with E-state index in [1.807, 2.05) is 0 Å². The second-order valence-corrected chi connectivity index (χ2v) is 12.7. The van der Waals surface area contributed by atoms with Gasteiger partial charge in [0.05, 0.1) is 0 Å². The Morgan fingerprint density at radius 1 is 0.469 bits per heavy atom. The van der Waals surface area contributed by atoms with Gasteiger partial charge in [-0.25, -0.2) is 0 Å². The molecule has 0 radical (unpaired) electrons. The molecule has 0 amide bonds. The molecule has 0 aliphatic rings. The lowest BCUT2D eigenvalue weighted by Crippen LogP contribution is -2.75. The summed E-state index contributed by atoms with van der Waals surface area (Å²) in [5.41, 5.74) is 6.81. The van der Waals surface area contributed by atoms with Crippen molar-refractivity contribution >= 4 is 41.2 Å². The molecule has 0 saturated carbocycles. The lowest BCUT2D eigenvalue weighted by molar-refractivity contribution is 1.02. The van der Waals surface area contributed by atoms with E-state index in [0.717, 1.165) is 0 Å². The summed E-state index contributed by atoms with van der Waals surface area (Å²) < 4.78 is 0. The Kier molecular flexibility index (Phi) is 6.97. The first-order chi connectivity index (χ1) is 15.5. The van der Waals surface area contributed by atoms with Crippen molar-refractivity contribution in [3.63, 3.8) is 0 Å². The fraction of sp³-hybridized carbons (Fsp3) is 0.200. The van der Waals surface area contributed by atoms with Crippen LogP contribution in [-0.4, -0.2) is 17.5 Å². The molecule has 162 valence electrons. The third-order valence-electron chi connectivity index (χ3n) is 6.68. The first-order valence-electron chi connectivity index (χ1n) is 11.8. The van der Waals surface area contributed by atoms with Crippen molar-refractivity contribution in [3.8, 4) is 0 Å². The van der Waals surface area contributed by atoms with Gasteiger partial charge in [0, 0.05) is 0 Å². The highest BCUT2D eigenvalue weighted by Crippen LogP contribution is 2.44. The molecule has 0 N–H and O–H groups in total. The van der Waals surface area contributed by atoms with E-state index in [-0.39, 0.29) is 7.92 Å². The van der Waals surface area contributed by atoms with Crippen LogP contribution in [0.15, 0.2) is 115 Å². The van der Waals surface area contributed by atoms with Gasteiger partial charge >= 0.3 is 0 Å². The average Bonchev–Trinajstić information content (AvgIpc) is 2.82. The highest BCUT2D eigenvalue weighted by Gasteiger charge is 2.32. The minimum Gasteiger partial charge on any atom is -0.195 e. The van der Waals surface area contributed by atoms with Crippen LogP contribution in [0, 0.1) is 0 Å². The Balaban J connectivity index is 2.07. The minimum atomic E-state index is -1.30. The van der Waals surface area contributed by atoms with Gasteiger partial charge in [-0.3, -0.25) is 0 Å². The fourth-order valence-electron chi connectivity index (χ4n) is 5.53. The van der Waals surface area contributed by atoms with Crippen LogP contribution in [0.3, 0.4) is 0 Å². The van der Waals surface area contributed by atoms with Crippen LogP contribution in [0.4, 0.5) is 0 Å². The van der Waals surface area contributed by atoms with Gasteiger partial charge in [-0.15, -0.1) is 0 Å². The number of benzene rings is 4. The summed E-state index contributed by atoms with van der Waals surface area (Å²) in [6.45, 7) is 9.51. The molecule has 4 aromatic carbocycles. The highest BCUT2D eigenvalue weighted by molar-refractivity contribution is 7.66. The summed E-state index contributed by atoms with van der Waals surface area (Å²) in [4.78, 5) is 0. The molecule has 4 rings (SSSR count). The number of hydrogen-bond acceptors (Lipinski definition) is 0. The Labute approximate surface area is 195 Å². The molecule has 2 heteroatoms. The molecule has 0 atom stereocenters. The molecule has 0 fully saturated rings. The summed E-state index contributed by atoms with van der Waals surface area (Å²) >= 11 is 0. The van der Waals surface area contributed by atoms with Gasteiger partial charge in [-0.2, -0.15) is 21.9 Å². The lowest BCUT2D eigenvalue weighted by atomic mass is 9.13. The number of hydrogen-bond donors (Lipinski definition) is 0. The van der Waals surface area contributed by atoms with Gasteiger partial charge in [0.25, 0.3) is 0 Å². The van der Waals surface area contributed by atoms with Crippen molar-refractivity contribution in [1.29, 1.82) is 0 Å². The van der Waals surface area contributed by atoms with Crippen LogP contribution < -0.4 is 27.2 Å². The van der Waals surface area contributed by atoms with E-state index in [1.54, 1.807) is 0 Å². The first-order valence-corrected chi connectivity index (χ1v) is 13.2. The molecule has 0 aliphatic heterocycles. The molecule has 0 aromatic heterocycles. The Bertz CT molecular complexity index is 1020. The standard InChI is InChI=1S/C30H33BP/c1-24(2)32(25(3)4)30-22-14-21-29(23-30)31(26-15-8-5-9-16-26,27-17-10-6-11-18-27)28-19-12-7-13-20-28/h5-25H,1-4H3/q-1. The maximum atomic E-state index is 2.53. The Hall–Kier alpha value is -2.63. The smallest absolute Gasteiger partial charge is 0.108 e. The van der Waals surface area contributed by atoms with Crippen LogP contribution in [0.1, 0.15) is 27.7 Å². The summed E-state index contributed by atoms with van der Waals surface area (Å²) in [6.07, 6.45) is -1.30. The largest absolute Gasteiger partial charge is 0.195 e. The quantitative estimate of drug-likeness (QED) is 0.284. The number of rotatable bonds is 7. The predicted molar refractivity (Wildman–Crippen MR) is 147 cm³/mol. The van der Waals surface area contributed by atoms with Crippen molar-refractivity contribution in [2.24, 2.45) is 0 Å². The normalized spacial score (nSPS) is 12.0. The van der Waals surface area contributed by atoms with Gasteiger partial charge in [-0.1, -0.05) is 151 Å². The zero-order valence-electron chi connectivity index (χ0n) is 19.6. The minimum absolute atomic E-state index is 0.234. The molecule has 32 heavy (non-hydrogen) atoms. The van der Waals surface area contributed by atoms with E-state index < -0.39 is 6.15 Å². The summed E-state index contributed by atoms with van der Waals surface area (Å²) in [5, 5.41) is 1.51. The first kappa shape index (κ1) is 22.6. The predicted octanol–water partition coefficient (Wildman–Crippen LogP) is 4.99. The fourth-order valence-corrected chi connectivity index (χ4v) is 8.47. The molecule has 4 aromatic rings. The van der Waals surface area contributed by atoms with Gasteiger partial charge < -0.3 is 0 Å². The molecule has 0 nitrogen and oxygen atoms in total. The zero-order chi connectivity index (χ0) is 22.6. The second kappa shape index (κ2) is 9.89. The monoisotopic (exact) mass is 435 g/mol. The molecule has 0 bridgehead atoms. The van der Waals surface area contributed by atoms with Crippen LogP contribution in [0.5, 0.6) is 0 Å². The zero-order valence-corrected chi connectivity index (χ0v) is 20.5. The van der Waals surface area contributed by atoms with E-state index in [0.29, 0.717) is 11.3 Å². The third-order valence-corrected chi connectivity index (χ3v) is 9.78. The van der Waals surface area contributed by atoms with E-state index in [2.05, 4.69) is 143 Å².